The van der Waals surface area contributed by atoms with Crippen molar-refractivity contribution in [3.05, 3.63) is 108 Å². The van der Waals surface area contributed by atoms with E-state index in [4.69, 9.17) is 4.74 Å². The minimum atomic E-state index is -0.594. The number of nitriles is 1. The van der Waals surface area contributed by atoms with Gasteiger partial charge in [0.25, 0.3) is 5.91 Å². The SMILES string of the molecule is N#Cc1ccccc1Sc1ccccc1C(=O)OCC(=O)N1c2ccccc2Sc2ccccc21. The van der Waals surface area contributed by atoms with Gasteiger partial charge in [-0.2, -0.15) is 5.26 Å². The Morgan fingerprint density at radius 2 is 1.37 bits per heavy atom. The minimum Gasteiger partial charge on any atom is -0.452 e. The van der Waals surface area contributed by atoms with Crippen LogP contribution in [0, 0.1) is 11.3 Å². The number of rotatable bonds is 5. The molecule has 0 radical (unpaired) electrons. The van der Waals surface area contributed by atoms with Gasteiger partial charge in [0.15, 0.2) is 6.61 Å². The summed E-state index contributed by atoms with van der Waals surface area (Å²) in [5.74, 6) is -0.928. The normalized spacial score (nSPS) is 11.7. The van der Waals surface area contributed by atoms with Gasteiger partial charge in [0.1, 0.15) is 6.07 Å². The lowest BCUT2D eigenvalue weighted by molar-refractivity contribution is -0.121. The molecule has 170 valence electrons. The summed E-state index contributed by atoms with van der Waals surface area (Å²) in [5, 5.41) is 9.38. The average Bonchev–Trinajstić information content (AvgIpc) is 2.90. The highest BCUT2D eigenvalue weighted by atomic mass is 32.2. The Balaban J connectivity index is 1.36. The summed E-state index contributed by atoms with van der Waals surface area (Å²) < 4.78 is 5.49. The first-order valence-electron chi connectivity index (χ1n) is 10.8. The molecule has 1 amide bonds. The van der Waals surface area contributed by atoms with Crippen molar-refractivity contribution in [2.75, 3.05) is 11.5 Å². The molecule has 0 saturated carbocycles. The van der Waals surface area contributed by atoms with E-state index in [-0.39, 0.29) is 5.91 Å². The molecule has 1 aliphatic rings. The van der Waals surface area contributed by atoms with Crippen molar-refractivity contribution in [3.8, 4) is 6.07 Å². The van der Waals surface area contributed by atoms with Crippen LogP contribution in [0.2, 0.25) is 0 Å². The second kappa shape index (κ2) is 10.1. The Morgan fingerprint density at radius 3 is 2.06 bits per heavy atom. The van der Waals surface area contributed by atoms with Crippen LogP contribution in [0.4, 0.5) is 11.4 Å². The molecule has 0 N–H and O–H groups in total. The highest BCUT2D eigenvalue weighted by Crippen LogP contribution is 2.47. The van der Waals surface area contributed by atoms with Crippen LogP contribution in [0.3, 0.4) is 0 Å². The van der Waals surface area contributed by atoms with Crippen LogP contribution in [0.1, 0.15) is 15.9 Å². The zero-order valence-corrected chi connectivity index (χ0v) is 20.0. The van der Waals surface area contributed by atoms with Crippen molar-refractivity contribution < 1.29 is 14.3 Å². The molecule has 0 aromatic heterocycles. The molecule has 1 heterocycles. The molecule has 0 spiro atoms. The molecule has 5 nitrogen and oxygen atoms in total. The summed E-state index contributed by atoms with van der Waals surface area (Å²) >= 11 is 2.92. The number of nitrogens with zero attached hydrogens (tertiary/aromatic N) is 2. The highest BCUT2D eigenvalue weighted by Gasteiger charge is 2.28. The van der Waals surface area contributed by atoms with E-state index in [9.17, 15) is 14.9 Å². The number of ether oxygens (including phenoxy) is 1. The number of carbonyl (C=O) groups is 2. The van der Waals surface area contributed by atoms with Crippen LogP contribution in [0.25, 0.3) is 0 Å². The Kier molecular flexibility index (Phi) is 6.57. The van der Waals surface area contributed by atoms with Crippen LogP contribution in [-0.4, -0.2) is 18.5 Å². The number of hydrogen-bond donors (Lipinski definition) is 0. The van der Waals surface area contributed by atoms with Crippen molar-refractivity contribution in [2.45, 2.75) is 19.6 Å². The maximum absolute atomic E-state index is 13.3. The monoisotopic (exact) mass is 494 g/mol. The summed E-state index contributed by atoms with van der Waals surface area (Å²) in [6.45, 7) is -0.403. The van der Waals surface area contributed by atoms with Crippen LogP contribution in [-0.2, 0) is 9.53 Å². The van der Waals surface area contributed by atoms with Gasteiger partial charge in [-0.25, -0.2) is 4.79 Å². The topological polar surface area (TPSA) is 70.4 Å². The van der Waals surface area contributed by atoms with Gasteiger partial charge in [0, 0.05) is 19.6 Å². The molecule has 0 saturated heterocycles. The number of hydrogen-bond acceptors (Lipinski definition) is 6. The molecule has 0 aliphatic carbocycles. The van der Waals surface area contributed by atoms with Gasteiger partial charge in [-0.15, -0.1) is 0 Å². The predicted molar refractivity (Wildman–Crippen MR) is 136 cm³/mol. The zero-order chi connectivity index (χ0) is 24.2. The fraction of sp³-hybridized carbons (Fsp3) is 0.0357. The van der Waals surface area contributed by atoms with E-state index in [1.165, 1.54) is 11.8 Å². The number of fused-ring (bicyclic) bond motifs is 2. The Hall–Kier alpha value is -3.99. The number of anilines is 2. The molecular weight excluding hydrogens is 476 g/mol. The first-order chi connectivity index (χ1) is 17.2. The van der Waals surface area contributed by atoms with E-state index in [1.807, 2.05) is 66.7 Å². The molecule has 0 bridgehead atoms. The Labute approximate surface area is 211 Å². The van der Waals surface area contributed by atoms with Crippen molar-refractivity contribution in [1.29, 1.82) is 5.26 Å². The molecule has 1 aliphatic heterocycles. The van der Waals surface area contributed by atoms with Crippen molar-refractivity contribution in [1.82, 2.24) is 0 Å². The molecule has 4 aromatic carbocycles. The quantitative estimate of drug-likeness (QED) is 0.288. The zero-order valence-electron chi connectivity index (χ0n) is 18.4. The molecular formula is C28H18N2O3S2. The molecule has 7 heteroatoms. The van der Waals surface area contributed by atoms with Crippen LogP contribution in [0.15, 0.2) is 117 Å². The van der Waals surface area contributed by atoms with E-state index in [2.05, 4.69) is 6.07 Å². The van der Waals surface area contributed by atoms with Gasteiger partial charge in [-0.1, -0.05) is 72.1 Å². The van der Waals surface area contributed by atoms with E-state index in [1.54, 1.807) is 47.0 Å². The fourth-order valence-corrected chi connectivity index (χ4v) is 5.81. The summed E-state index contributed by atoms with van der Waals surface area (Å²) in [7, 11) is 0. The number of para-hydroxylation sites is 2. The van der Waals surface area contributed by atoms with E-state index < -0.39 is 12.6 Å². The smallest absolute Gasteiger partial charge is 0.339 e. The lowest BCUT2D eigenvalue weighted by atomic mass is 10.2. The average molecular weight is 495 g/mol. The van der Waals surface area contributed by atoms with Crippen molar-refractivity contribution >= 4 is 46.8 Å². The molecule has 0 unspecified atom stereocenters. The number of amides is 1. The van der Waals surface area contributed by atoms with Gasteiger partial charge in [0.05, 0.1) is 22.5 Å². The highest BCUT2D eigenvalue weighted by molar-refractivity contribution is 8.00. The fourth-order valence-electron chi connectivity index (χ4n) is 3.73. The van der Waals surface area contributed by atoms with Crippen LogP contribution < -0.4 is 4.90 Å². The third-order valence-electron chi connectivity index (χ3n) is 5.34. The van der Waals surface area contributed by atoms with E-state index >= 15 is 0 Å². The number of carbonyl (C=O) groups excluding carboxylic acids is 2. The van der Waals surface area contributed by atoms with Crippen LogP contribution >= 0.6 is 23.5 Å². The third kappa shape index (κ3) is 4.67. The maximum Gasteiger partial charge on any atom is 0.339 e. The Bertz CT molecular complexity index is 1430. The first-order valence-corrected chi connectivity index (χ1v) is 12.4. The lowest BCUT2D eigenvalue weighted by Crippen LogP contribution is -2.32. The number of esters is 1. The largest absolute Gasteiger partial charge is 0.452 e. The van der Waals surface area contributed by atoms with Gasteiger partial charge in [-0.3, -0.25) is 9.69 Å². The summed E-state index contributed by atoms with van der Waals surface area (Å²) in [5.41, 5.74) is 2.40. The predicted octanol–water partition coefficient (Wildman–Crippen LogP) is 6.70. The minimum absolute atomic E-state index is 0.335. The van der Waals surface area contributed by atoms with Gasteiger partial charge in [-0.05, 0) is 48.5 Å². The van der Waals surface area contributed by atoms with Crippen molar-refractivity contribution in [3.63, 3.8) is 0 Å². The van der Waals surface area contributed by atoms with Crippen LogP contribution in [0.5, 0.6) is 0 Å². The van der Waals surface area contributed by atoms with Crippen molar-refractivity contribution in [2.24, 2.45) is 0 Å². The second-order valence-corrected chi connectivity index (χ2v) is 9.72. The summed E-state index contributed by atoms with van der Waals surface area (Å²) in [6, 6.07) is 31.7. The molecule has 5 rings (SSSR count). The summed E-state index contributed by atoms with van der Waals surface area (Å²) in [4.78, 5) is 31.3. The Morgan fingerprint density at radius 1 is 0.800 bits per heavy atom. The van der Waals surface area contributed by atoms with Gasteiger partial charge in [0.2, 0.25) is 0 Å². The molecule has 0 atom stereocenters. The standard InChI is InChI=1S/C28H18N2O3S2/c29-17-19-9-1-5-13-23(19)34-24-14-6-2-10-20(24)28(32)33-18-27(31)30-21-11-3-7-15-25(21)35-26-16-8-4-12-22(26)30/h1-16H,18H2. The maximum atomic E-state index is 13.3. The van der Waals surface area contributed by atoms with Gasteiger partial charge >= 0.3 is 5.97 Å². The summed E-state index contributed by atoms with van der Waals surface area (Å²) in [6.07, 6.45) is 0. The third-order valence-corrected chi connectivity index (χ3v) is 7.62. The molecule has 0 fully saturated rings. The second-order valence-electron chi connectivity index (χ2n) is 7.55. The molecule has 4 aromatic rings. The lowest BCUT2D eigenvalue weighted by Gasteiger charge is -2.30. The molecule has 35 heavy (non-hydrogen) atoms. The van der Waals surface area contributed by atoms with Gasteiger partial charge < -0.3 is 4.74 Å². The first kappa shape index (κ1) is 22.8. The number of benzene rings is 4. The van der Waals surface area contributed by atoms with E-state index in [0.717, 1.165) is 26.1 Å². The van der Waals surface area contributed by atoms with E-state index in [0.29, 0.717) is 16.0 Å².